The third kappa shape index (κ3) is 2.34. The summed E-state index contributed by atoms with van der Waals surface area (Å²) in [6, 6.07) is 0. The van der Waals surface area contributed by atoms with Crippen LogP contribution in [0, 0.1) is 5.92 Å². The Balaban J connectivity index is 1.94. The Bertz CT molecular complexity index is 350. The van der Waals surface area contributed by atoms with Gasteiger partial charge in [0.2, 0.25) is 5.91 Å². The van der Waals surface area contributed by atoms with E-state index in [4.69, 9.17) is 0 Å². The van der Waals surface area contributed by atoms with Gasteiger partial charge in [-0.25, -0.2) is 4.98 Å². The van der Waals surface area contributed by atoms with Crippen molar-refractivity contribution in [2.75, 3.05) is 12.3 Å². The van der Waals surface area contributed by atoms with Crippen LogP contribution in [0.1, 0.15) is 17.8 Å². The largest absolute Gasteiger partial charge is 0.355 e. The molecule has 4 nitrogen and oxygen atoms in total. The molecule has 0 aromatic carbocycles. The van der Waals surface area contributed by atoms with Gasteiger partial charge in [-0.2, -0.15) is 12.6 Å². The number of nitrogens with one attached hydrogen (secondary N) is 2. The van der Waals surface area contributed by atoms with Crippen LogP contribution in [0.3, 0.4) is 0 Å². The summed E-state index contributed by atoms with van der Waals surface area (Å²) in [4.78, 5) is 19.0. The summed E-state index contributed by atoms with van der Waals surface area (Å²) >= 11 is 4.06. The number of hydrogen-bond acceptors (Lipinski definition) is 3. The molecule has 1 amide bonds. The van der Waals surface area contributed by atoms with E-state index in [1.54, 1.807) is 6.33 Å². The molecule has 1 aromatic heterocycles. The average molecular weight is 225 g/mol. The summed E-state index contributed by atoms with van der Waals surface area (Å²) in [5, 5.41) is 2.88. The topological polar surface area (TPSA) is 57.8 Å². The zero-order chi connectivity index (χ0) is 10.7. The molecule has 2 rings (SSSR count). The van der Waals surface area contributed by atoms with Crippen molar-refractivity contribution in [1.29, 1.82) is 0 Å². The van der Waals surface area contributed by atoms with Crippen molar-refractivity contribution in [3.63, 3.8) is 0 Å². The number of amides is 1. The maximum absolute atomic E-state index is 11.7. The van der Waals surface area contributed by atoms with E-state index >= 15 is 0 Å². The maximum atomic E-state index is 11.7. The molecule has 5 heteroatoms. The van der Waals surface area contributed by atoms with E-state index < -0.39 is 0 Å². The van der Waals surface area contributed by atoms with Crippen LogP contribution >= 0.6 is 12.6 Å². The van der Waals surface area contributed by atoms with Crippen LogP contribution in [0.5, 0.6) is 0 Å². The molecule has 15 heavy (non-hydrogen) atoms. The number of aryl methyl sites for hydroxylation is 1. The Morgan fingerprint density at radius 3 is 3.40 bits per heavy atom. The number of carbonyl (C=O) groups is 1. The van der Waals surface area contributed by atoms with Crippen LogP contribution in [-0.4, -0.2) is 28.2 Å². The number of imidazole rings is 1. The molecule has 0 saturated heterocycles. The van der Waals surface area contributed by atoms with Gasteiger partial charge in [0.15, 0.2) is 0 Å². The fourth-order valence-corrected chi connectivity index (χ4v) is 2.06. The summed E-state index contributed by atoms with van der Waals surface area (Å²) in [5.41, 5.74) is 2.24. The lowest BCUT2D eigenvalue weighted by atomic mass is 9.89. The molecule has 1 aromatic rings. The van der Waals surface area contributed by atoms with E-state index in [2.05, 4.69) is 27.9 Å². The molecule has 82 valence electrons. The quantitative estimate of drug-likeness (QED) is 0.658. The smallest absolute Gasteiger partial charge is 0.223 e. The van der Waals surface area contributed by atoms with Gasteiger partial charge in [0.1, 0.15) is 0 Å². The van der Waals surface area contributed by atoms with Crippen molar-refractivity contribution >= 4 is 18.5 Å². The predicted molar refractivity (Wildman–Crippen MR) is 61.0 cm³/mol. The third-order valence-corrected chi connectivity index (χ3v) is 2.99. The molecular formula is C10H15N3OS. The highest BCUT2D eigenvalue weighted by molar-refractivity contribution is 7.80. The highest BCUT2D eigenvalue weighted by Crippen LogP contribution is 2.22. The number of fused-ring (bicyclic) bond motifs is 1. The van der Waals surface area contributed by atoms with E-state index in [0.717, 1.165) is 30.7 Å². The zero-order valence-corrected chi connectivity index (χ0v) is 9.39. The third-order valence-electron chi connectivity index (χ3n) is 2.77. The van der Waals surface area contributed by atoms with Crippen molar-refractivity contribution in [3.8, 4) is 0 Å². The Labute approximate surface area is 94.3 Å². The van der Waals surface area contributed by atoms with E-state index in [1.807, 2.05) is 0 Å². The standard InChI is InChI=1S/C10H15N3OS/c14-10(11-3-4-15)7-1-2-8-9(5-7)13-6-12-8/h6-7,15H,1-5H2,(H,11,14)(H,12,13). The number of hydrogen-bond donors (Lipinski definition) is 3. The van der Waals surface area contributed by atoms with Crippen molar-refractivity contribution in [1.82, 2.24) is 15.3 Å². The number of rotatable bonds is 3. The summed E-state index contributed by atoms with van der Waals surface area (Å²) in [6.07, 6.45) is 4.29. The molecule has 2 N–H and O–H groups in total. The monoisotopic (exact) mass is 225 g/mol. The minimum Gasteiger partial charge on any atom is -0.355 e. The molecule has 0 spiro atoms. The average Bonchev–Trinajstić information content (AvgIpc) is 2.72. The molecule has 0 radical (unpaired) electrons. The van der Waals surface area contributed by atoms with Gasteiger partial charge in [-0.15, -0.1) is 0 Å². The number of thiol groups is 1. The van der Waals surface area contributed by atoms with E-state index in [-0.39, 0.29) is 11.8 Å². The number of nitrogens with zero attached hydrogens (tertiary/aromatic N) is 1. The molecule has 1 aliphatic carbocycles. The lowest BCUT2D eigenvalue weighted by Gasteiger charge is -2.20. The second-order valence-electron chi connectivity index (χ2n) is 3.78. The summed E-state index contributed by atoms with van der Waals surface area (Å²) in [5.74, 6) is 0.926. The lowest BCUT2D eigenvalue weighted by Crippen LogP contribution is -2.35. The van der Waals surface area contributed by atoms with Gasteiger partial charge < -0.3 is 10.3 Å². The molecule has 1 aliphatic rings. The number of aromatic nitrogens is 2. The molecule has 0 saturated carbocycles. The molecule has 1 unspecified atom stereocenters. The van der Waals surface area contributed by atoms with Gasteiger partial charge in [0.05, 0.1) is 12.0 Å². The van der Waals surface area contributed by atoms with E-state index in [1.165, 1.54) is 0 Å². The number of H-pyrrole nitrogens is 1. The SMILES string of the molecule is O=C(NCCS)C1CCc2nc[nH]c2C1. The minimum absolute atomic E-state index is 0.0952. The van der Waals surface area contributed by atoms with Crippen molar-refractivity contribution in [2.45, 2.75) is 19.3 Å². The Morgan fingerprint density at radius 1 is 1.73 bits per heavy atom. The second-order valence-corrected chi connectivity index (χ2v) is 4.23. The van der Waals surface area contributed by atoms with Crippen LogP contribution < -0.4 is 5.32 Å². The molecule has 1 heterocycles. The summed E-state index contributed by atoms with van der Waals surface area (Å²) in [6.45, 7) is 0.647. The normalized spacial score (nSPS) is 19.7. The summed E-state index contributed by atoms with van der Waals surface area (Å²) in [7, 11) is 0. The molecule has 0 aliphatic heterocycles. The van der Waals surface area contributed by atoms with Gasteiger partial charge in [-0.05, 0) is 12.8 Å². The van der Waals surface area contributed by atoms with Crippen LogP contribution in [-0.2, 0) is 17.6 Å². The maximum Gasteiger partial charge on any atom is 0.223 e. The first-order chi connectivity index (χ1) is 7.31. The number of carbonyl (C=O) groups excluding carboxylic acids is 1. The predicted octanol–water partition coefficient (Wildman–Crippen LogP) is 0.561. The first-order valence-electron chi connectivity index (χ1n) is 5.21. The summed E-state index contributed by atoms with van der Waals surface area (Å²) < 4.78 is 0. The van der Waals surface area contributed by atoms with Crippen LogP contribution in [0.15, 0.2) is 6.33 Å². The van der Waals surface area contributed by atoms with E-state index in [0.29, 0.717) is 12.3 Å². The minimum atomic E-state index is 0.0952. The van der Waals surface area contributed by atoms with Crippen LogP contribution in [0.2, 0.25) is 0 Å². The second kappa shape index (κ2) is 4.70. The first-order valence-corrected chi connectivity index (χ1v) is 5.84. The first kappa shape index (κ1) is 10.5. The fourth-order valence-electron chi connectivity index (χ4n) is 1.95. The van der Waals surface area contributed by atoms with Crippen molar-refractivity contribution in [3.05, 3.63) is 17.7 Å². The highest BCUT2D eigenvalue weighted by Gasteiger charge is 2.25. The lowest BCUT2D eigenvalue weighted by molar-refractivity contribution is -0.125. The molecule has 0 bridgehead atoms. The Morgan fingerprint density at radius 2 is 2.60 bits per heavy atom. The Hall–Kier alpha value is -0.970. The number of aromatic amines is 1. The van der Waals surface area contributed by atoms with Gasteiger partial charge in [-0.3, -0.25) is 4.79 Å². The van der Waals surface area contributed by atoms with Crippen molar-refractivity contribution in [2.24, 2.45) is 5.92 Å². The van der Waals surface area contributed by atoms with Gasteiger partial charge in [0, 0.05) is 30.3 Å². The fraction of sp³-hybridized carbons (Fsp3) is 0.600. The van der Waals surface area contributed by atoms with Crippen molar-refractivity contribution < 1.29 is 4.79 Å². The van der Waals surface area contributed by atoms with Gasteiger partial charge >= 0.3 is 0 Å². The molecule has 0 fully saturated rings. The Kier molecular flexibility index (Phi) is 3.30. The molecular weight excluding hydrogens is 210 g/mol. The molecule has 1 atom stereocenters. The van der Waals surface area contributed by atoms with Crippen LogP contribution in [0.25, 0.3) is 0 Å². The van der Waals surface area contributed by atoms with Crippen LogP contribution in [0.4, 0.5) is 0 Å². The van der Waals surface area contributed by atoms with Gasteiger partial charge in [0.25, 0.3) is 0 Å². The van der Waals surface area contributed by atoms with Gasteiger partial charge in [-0.1, -0.05) is 0 Å². The van der Waals surface area contributed by atoms with E-state index in [9.17, 15) is 4.79 Å². The zero-order valence-electron chi connectivity index (χ0n) is 8.49. The highest BCUT2D eigenvalue weighted by atomic mass is 32.1.